The van der Waals surface area contributed by atoms with Crippen molar-refractivity contribution in [2.24, 2.45) is 0 Å². The number of nitrogens with zero attached hydrogens (tertiary/aromatic N) is 1. The Kier molecular flexibility index (Phi) is 6.27. The van der Waals surface area contributed by atoms with Crippen molar-refractivity contribution in [1.29, 1.82) is 0 Å². The maximum Gasteiger partial charge on any atom is 0.244 e. The van der Waals surface area contributed by atoms with E-state index >= 15 is 0 Å². The normalized spacial score (nSPS) is 11.4. The molecule has 118 valence electrons. The first kappa shape index (κ1) is 18.0. The molecule has 3 N–H and O–H groups in total. The van der Waals surface area contributed by atoms with Crippen molar-refractivity contribution in [3.8, 4) is 0 Å². The lowest BCUT2D eigenvalue weighted by Crippen LogP contribution is -2.40. The molecule has 0 aliphatic carbocycles. The smallest absolute Gasteiger partial charge is 0.244 e. The minimum atomic E-state index is -4.00. The molecule has 1 aromatic rings. The van der Waals surface area contributed by atoms with E-state index in [9.17, 15) is 13.2 Å². The topological polar surface area (TPSA) is 92.5 Å². The van der Waals surface area contributed by atoms with Gasteiger partial charge < -0.3 is 10.6 Å². The number of halogens is 2. The maximum absolute atomic E-state index is 12.2. The molecule has 9 heteroatoms. The quantitative estimate of drug-likeness (QED) is 0.761. The van der Waals surface area contributed by atoms with Crippen LogP contribution >= 0.6 is 23.2 Å². The fourth-order valence-corrected chi connectivity index (χ4v) is 3.74. The highest BCUT2D eigenvalue weighted by Crippen LogP contribution is 2.30. The van der Waals surface area contributed by atoms with Gasteiger partial charge in [0.15, 0.2) is 0 Å². The van der Waals surface area contributed by atoms with Crippen molar-refractivity contribution >= 4 is 44.8 Å². The molecule has 0 bridgehead atoms. The van der Waals surface area contributed by atoms with Gasteiger partial charge in [0, 0.05) is 18.1 Å². The third kappa shape index (κ3) is 4.47. The van der Waals surface area contributed by atoms with E-state index in [-0.39, 0.29) is 33.1 Å². The van der Waals surface area contributed by atoms with Gasteiger partial charge in [-0.2, -0.15) is 0 Å². The van der Waals surface area contributed by atoms with Gasteiger partial charge in [-0.3, -0.25) is 4.79 Å². The van der Waals surface area contributed by atoms with Gasteiger partial charge in [0.2, 0.25) is 15.9 Å². The first-order valence-corrected chi connectivity index (χ1v) is 8.48. The molecule has 1 amide bonds. The Morgan fingerprint density at radius 3 is 2.33 bits per heavy atom. The van der Waals surface area contributed by atoms with Crippen molar-refractivity contribution in [2.45, 2.75) is 18.7 Å². The van der Waals surface area contributed by atoms with Gasteiger partial charge >= 0.3 is 0 Å². The molecule has 0 saturated heterocycles. The second-order valence-corrected chi connectivity index (χ2v) is 6.74. The summed E-state index contributed by atoms with van der Waals surface area (Å²) in [7, 11) is -4.00. The third-order valence-corrected chi connectivity index (χ3v) is 4.98. The summed E-state index contributed by atoms with van der Waals surface area (Å²) in [5, 5.41) is 0.137. The Bertz CT molecular complexity index is 608. The molecular formula is C12H17Cl2N3O3S. The Morgan fingerprint density at radius 1 is 1.29 bits per heavy atom. The largest absolute Gasteiger partial charge is 0.398 e. The number of rotatable bonds is 6. The molecule has 21 heavy (non-hydrogen) atoms. The number of hydrogen-bond donors (Lipinski definition) is 2. The van der Waals surface area contributed by atoms with Crippen LogP contribution < -0.4 is 10.5 Å². The lowest BCUT2D eigenvalue weighted by Gasteiger charge is -2.19. The third-order valence-electron chi connectivity index (χ3n) is 2.84. The summed E-state index contributed by atoms with van der Waals surface area (Å²) >= 11 is 11.6. The van der Waals surface area contributed by atoms with E-state index in [1.807, 2.05) is 13.8 Å². The summed E-state index contributed by atoms with van der Waals surface area (Å²) in [5.41, 5.74) is 5.57. The van der Waals surface area contributed by atoms with Crippen molar-refractivity contribution < 1.29 is 13.2 Å². The number of hydrogen-bond acceptors (Lipinski definition) is 4. The van der Waals surface area contributed by atoms with Gasteiger partial charge in [0.05, 0.1) is 17.3 Å². The second-order valence-electron chi connectivity index (χ2n) is 4.20. The predicted octanol–water partition coefficient (Wildman–Crippen LogP) is 1.72. The lowest BCUT2D eigenvalue weighted by molar-refractivity contribution is -0.129. The van der Waals surface area contributed by atoms with Crippen LogP contribution in [0.4, 0.5) is 5.69 Å². The van der Waals surface area contributed by atoms with Crippen LogP contribution in [0.25, 0.3) is 0 Å². The highest BCUT2D eigenvalue weighted by molar-refractivity contribution is 7.89. The van der Waals surface area contributed by atoms with E-state index in [2.05, 4.69) is 4.72 Å². The Balaban J connectivity index is 2.96. The molecule has 6 nitrogen and oxygen atoms in total. The number of anilines is 1. The molecule has 0 aliphatic heterocycles. The predicted molar refractivity (Wildman–Crippen MR) is 84.0 cm³/mol. The van der Waals surface area contributed by atoms with E-state index in [0.717, 1.165) is 0 Å². The standard InChI is InChI=1S/C12H17Cl2N3O3S/c1-3-17(4-2)11(18)7-16-21(19,20)12-9(14)5-8(13)6-10(12)15/h5-6,16H,3-4,7,15H2,1-2H3. The minimum Gasteiger partial charge on any atom is -0.398 e. The zero-order valence-electron chi connectivity index (χ0n) is 11.7. The van der Waals surface area contributed by atoms with Gasteiger partial charge in [-0.15, -0.1) is 0 Å². The van der Waals surface area contributed by atoms with Crippen LogP contribution in [0.2, 0.25) is 10.0 Å². The summed E-state index contributed by atoms with van der Waals surface area (Å²) < 4.78 is 26.6. The Hall–Kier alpha value is -1.02. The zero-order valence-corrected chi connectivity index (χ0v) is 14.0. The van der Waals surface area contributed by atoms with Crippen LogP contribution in [0, 0.1) is 0 Å². The molecule has 0 spiro atoms. The van der Waals surface area contributed by atoms with Gasteiger partial charge in [0.25, 0.3) is 0 Å². The molecule has 0 fully saturated rings. The van der Waals surface area contributed by atoms with Crippen molar-refractivity contribution in [1.82, 2.24) is 9.62 Å². The monoisotopic (exact) mass is 353 g/mol. The van der Waals surface area contributed by atoms with E-state index < -0.39 is 10.0 Å². The summed E-state index contributed by atoms with van der Waals surface area (Å²) in [6.07, 6.45) is 0. The second kappa shape index (κ2) is 7.31. The molecule has 0 unspecified atom stereocenters. The molecule has 1 aromatic carbocycles. The number of nitrogens with two attached hydrogens (primary N) is 1. The average molecular weight is 354 g/mol. The molecular weight excluding hydrogens is 337 g/mol. The number of amides is 1. The van der Waals surface area contributed by atoms with Gasteiger partial charge in [-0.25, -0.2) is 13.1 Å². The van der Waals surface area contributed by atoms with E-state index in [4.69, 9.17) is 28.9 Å². The fourth-order valence-electron chi connectivity index (χ4n) is 1.78. The number of carbonyl (C=O) groups excluding carboxylic acids is 1. The van der Waals surface area contributed by atoms with E-state index in [0.29, 0.717) is 13.1 Å². The molecule has 0 aliphatic rings. The van der Waals surface area contributed by atoms with Crippen molar-refractivity contribution in [3.63, 3.8) is 0 Å². The molecule has 0 atom stereocenters. The van der Waals surface area contributed by atoms with Crippen LogP contribution in [0.1, 0.15) is 13.8 Å². The SMILES string of the molecule is CCN(CC)C(=O)CNS(=O)(=O)c1c(N)cc(Cl)cc1Cl. The van der Waals surface area contributed by atoms with Gasteiger partial charge in [0.1, 0.15) is 4.90 Å². The van der Waals surface area contributed by atoms with Crippen molar-refractivity contribution in [2.75, 3.05) is 25.4 Å². The highest BCUT2D eigenvalue weighted by atomic mass is 35.5. The number of sulfonamides is 1. The highest BCUT2D eigenvalue weighted by Gasteiger charge is 2.23. The molecule has 0 heterocycles. The van der Waals surface area contributed by atoms with E-state index in [1.54, 1.807) is 0 Å². The average Bonchev–Trinajstić information content (AvgIpc) is 2.36. The first-order chi connectivity index (χ1) is 9.72. The van der Waals surface area contributed by atoms with Gasteiger partial charge in [-0.05, 0) is 26.0 Å². The number of likely N-dealkylation sites (N-methyl/N-ethyl adjacent to an activating group) is 1. The number of nitrogens with one attached hydrogen (secondary N) is 1. The van der Waals surface area contributed by atoms with E-state index in [1.165, 1.54) is 17.0 Å². The molecule has 0 saturated carbocycles. The van der Waals surface area contributed by atoms with Crippen molar-refractivity contribution in [3.05, 3.63) is 22.2 Å². The Morgan fingerprint density at radius 2 is 1.86 bits per heavy atom. The van der Waals surface area contributed by atoms with Crippen LogP contribution in [-0.2, 0) is 14.8 Å². The van der Waals surface area contributed by atoms with Crippen LogP contribution in [0.5, 0.6) is 0 Å². The van der Waals surface area contributed by atoms with Gasteiger partial charge in [-0.1, -0.05) is 23.2 Å². The maximum atomic E-state index is 12.2. The number of carbonyl (C=O) groups is 1. The Labute approximate surface area is 134 Å². The van der Waals surface area contributed by atoms with Crippen LogP contribution in [-0.4, -0.2) is 38.9 Å². The lowest BCUT2D eigenvalue weighted by atomic mass is 10.3. The zero-order chi connectivity index (χ0) is 16.2. The molecule has 1 rings (SSSR count). The fraction of sp³-hybridized carbons (Fsp3) is 0.417. The summed E-state index contributed by atoms with van der Waals surface area (Å²) in [5.74, 6) is -0.327. The summed E-state index contributed by atoms with van der Waals surface area (Å²) in [6.45, 7) is 4.26. The van der Waals surface area contributed by atoms with Crippen LogP contribution in [0.3, 0.4) is 0 Å². The molecule has 0 radical (unpaired) electrons. The summed E-state index contributed by atoms with van der Waals surface area (Å²) in [4.78, 5) is 13.1. The molecule has 0 aromatic heterocycles. The first-order valence-electron chi connectivity index (χ1n) is 6.24. The number of benzene rings is 1. The number of nitrogen functional groups attached to an aromatic ring is 1. The van der Waals surface area contributed by atoms with Crippen LogP contribution in [0.15, 0.2) is 17.0 Å². The minimum absolute atomic E-state index is 0.0738. The summed E-state index contributed by atoms with van der Waals surface area (Å²) in [6, 6.07) is 2.56.